The number of amides is 7. The first-order valence-electron chi connectivity index (χ1n) is 21.9. The number of hydrogen-bond acceptors (Lipinski definition) is 11. The SMILES string of the molecule is CSCC[C@H](NC(=O)[C@@H](NC(C)=O)C(C)C)C(=O)NC(CC(C)C)C(O)CC(=O)N[C@@H](Cc1ccccc1)C(=O)N[C@@H](C)C(=O)N[C@@H](CCC(=O)O)C(=O)N[C@@H](Cc1ccccc1)C(=O)O. The second kappa shape index (κ2) is 28.8. The van der Waals surface area contributed by atoms with Crippen molar-refractivity contribution in [1.29, 1.82) is 0 Å². The molecule has 0 fully saturated rings. The molecule has 0 aliphatic carbocycles. The van der Waals surface area contributed by atoms with E-state index in [0.717, 1.165) is 0 Å². The van der Waals surface area contributed by atoms with Crippen molar-refractivity contribution in [2.45, 2.75) is 135 Å². The molecule has 19 nitrogen and oxygen atoms in total. The maximum Gasteiger partial charge on any atom is 0.326 e. The minimum atomic E-state index is -1.50. The number of aliphatic hydroxyl groups excluding tert-OH is 1. The topological polar surface area (TPSA) is 299 Å². The third-order valence-electron chi connectivity index (χ3n) is 10.3. The summed E-state index contributed by atoms with van der Waals surface area (Å²) in [6.07, 6.45) is -0.805. The van der Waals surface area contributed by atoms with Gasteiger partial charge in [0.05, 0.1) is 18.6 Å². The van der Waals surface area contributed by atoms with Gasteiger partial charge in [-0.25, -0.2) is 4.79 Å². The molecule has 2 unspecified atom stereocenters. The predicted octanol–water partition coefficient (Wildman–Crippen LogP) is 1.06. The highest BCUT2D eigenvalue weighted by Gasteiger charge is 2.34. The van der Waals surface area contributed by atoms with Gasteiger partial charge in [-0.3, -0.25) is 38.4 Å². The molecular formula is C46H67N7O12S. The molecule has 364 valence electrons. The van der Waals surface area contributed by atoms with Crippen LogP contribution in [-0.2, 0) is 56.0 Å². The highest BCUT2D eigenvalue weighted by molar-refractivity contribution is 7.98. The van der Waals surface area contributed by atoms with Crippen LogP contribution in [0.1, 0.15) is 84.8 Å². The van der Waals surface area contributed by atoms with Crippen LogP contribution in [0.25, 0.3) is 0 Å². The Labute approximate surface area is 390 Å². The van der Waals surface area contributed by atoms with Crippen molar-refractivity contribution in [2.24, 2.45) is 11.8 Å². The van der Waals surface area contributed by atoms with Gasteiger partial charge in [0.15, 0.2) is 0 Å². The fraction of sp³-hybridized carbons (Fsp3) is 0.543. The number of aliphatic hydroxyl groups is 1. The van der Waals surface area contributed by atoms with E-state index >= 15 is 0 Å². The molecule has 0 bridgehead atoms. The van der Waals surface area contributed by atoms with Gasteiger partial charge in [0.1, 0.15) is 36.3 Å². The lowest BCUT2D eigenvalue weighted by Gasteiger charge is -2.29. The summed E-state index contributed by atoms with van der Waals surface area (Å²) in [6, 6.07) is 8.65. The minimum Gasteiger partial charge on any atom is -0.481 e. The van der Waals surface area contributed by atoms with Gasteiger partial charge < -0.3 is 52.5 Å². The first-order valence-corrected chi connectivity index (χ1v) is 23.3. The van der Waals surface area contributed by atoms with E-state index < -0.39 is 121 Å². The maximum atomic E-state index is 13.8. The van der Waals surface area contributed by atoms with Gasteiger partial charge in [0, 0.05) is 26.2 Å². The molecule has 0 saturated carbocycles. The zero-order valence-corrected chi connectivity index (χ0v) is 39.4. The lowest BCUT2D eigenvalue weighted by atomic mass is 9.96. The number of carboxylic acid groups (broad SMARTS) is 2. The number of nitrogens with one attached hydrogen (secondary N) is 7. The normalized spacial score (nSPS) is 14.8. The van der Waals surface area contributed by atoms with Crippen molar-refractivity contribution in [2.75, 3.05) is 12.0 Å². The van der Waals surface area contributed by atoms with Crippen LogP contribution in [0.5, 0.6) is 0 Å². The Kier molecular flexibility index (Phi) is 24.5. The van der Waals surface area contributed by atoms with Crippen LogP contribution in [0.4, 0.5) is 0 Å². The average molecular weight is 942 g/mol. The summed E-state index contributed by atoms with van der Waals surface area (Å²) in [7, 11) is 0. The van der Waals surface area contributed by atoms with E-state index in [2.05, 4.69) is 37.2 Å². The molecule has 66 heavy (non-hydrogen) atoms. The predicted molar refractivity (Wildman–Crippen MR) is 248 cm³/mol. The number of thioether (sulfide) groups is 1. The maximum absolute atomic E-state index is 13.8. The molecule has 0 aliphatic heterocycles. The average Bonchev–Trinajstić information content (AvgIpc) is 3.24. The second-order valence-corrected chi connectivity index (χ2v) is 17.9. The third-order valence-corrected chi connectivity index (χ3v) is 11.0. The highest BCUT2D eigenvalue weighted by atomic mass is 32.2. The molecule has 0 spiro atoms. The number of carbonyl (C=O) groups excluding carboxylic acids is 7. The Hall–Kier alpha value is -6.02. The molecule has 0 aliphatic rings. The Balaban J connectivity index is 2.25. The van der Waals surface area contributed by atoms with E-state index in [1.54, 1.807) is 74.5 Å². The monoisotopic (exact) mass is 941 g/mol. The van der Waals surface area contributed by atoms with Crippen molar-refractivity contribution in [1.82, 2.24) is 37.2 Å². The molecule has 20 heteroatoms. The smallest absolute Gasteiger partial charge is 0.326 e. The summed E-state index contributed by atoms with van der Waals surface area (Å²) in [6.45, 7) is 9.81. The van der Waals surface area contributed by atoms with Gasteiger partial charge in [-0.05, 0) is 61.2 Å². The summed E-state index contributed by atoms with van der Waals surface area (Å²) in [5, 5.41) is 48.6. The number of carbonyl (C=O) groups is 9. The second-order valence-electron chi connectivity index (χ2n) is 16.9. The summed E-state index contributed by atoms with van der Waals surface area (Å²) in [5.74, 6) is -7.49. The number of hydrogen-bond donors (Lipinski definition) is 10. The van der Waals surface area contributed by atoms with Gasteiger partial charge in [-0.1, -0.05) is 88.4 Å². The Morgan fingerprint density at radius 1 is 0.591 bits per heavy atom. The lowest BCUT2D eigenvalue weighted by Crippen LogP contribution is -2.58. The van der Waals surface area contributed by atoms with E-state index in [-0.39, 0.29) is 37.5 Å². The van der Waals surface area contributed by atoms with Gasteiger partial charge in [0.25, 0.3) is 0 Å². The van der Waals surface area contributed by atoms with Crippen molar-refractivity contribution in [3.05, 3.63) is 71.8 Å². The zero-order chi connectivity index (χ0) is 49.5. The van der Waals surface area contributed by atoms with Gasteiger partial charge >= 0.3 is 11.9 Å². The van der Waals surface area contributed by atoms with Crippen LogP contribution in [0.3, 0.4) is 0 Å². The van der Waals surface area contributed by atoms with Gasteiger partial charge in [0.2, 0.25) is 41.4 Å². The molecule has 0 saturated heterocycles. The fourth-order valence-corrected chi connectivity index (χ4v) is 7.27. The van der Waals surface area contributed by atoms with Crippen LogP contribution in [0.15, 0.2) is 60.7 Å². The summed E-state index contributed by atoms with van der Waals surface area (Å²) in [5.41, 5.74) is 1.24. The molecule has 0 heterocycles. The molecule has 7 amide bonds. The molecular weight excluding hydrogens is 875 g/mol. The zero-order valence-electron chi connectivity index (χ0n) is 38.6. The molecule has 2 rings (SSSR count). The largest absolute Gasteiger partial charge is 0.481 e. The van der Waals surface area contributed by atoms with Crippen LogP contribution >= 0.6 is 11.8 Å². The Morgan fingerprint density at radius 3 is 1.59 bits per heavy atom. The Morgan fingerprint density at radius 2 is 1.09 bits per heavy atom. The van der Waals surface area contributed by atoms with Gasteiger partial charge in [-0.2, -0.15) is 11.8 Å². The number of aliphatic carboxylic acids is 2. The van der Waals surface area contributed by atoms with Crippen LogP contribution < -0.4 is 37.2 Å². The van der Waals surface area contributed by atoms with E-state index in [0.29, 0.717) is 16.9 Å². The fourth-order valence-electron chi connectivity index (χ4n) is 6.80. The summed E-state index contributed by atoms with van der Waals surface area (Å²) >= 11 is 1.45. The molecule has 10 N–H and O–H groups in total. The van der Waals surface area contributed by atoms with Crippen molar-refractivity contribution >= 4 is 65.1 Å². The van der Waals surface area contributed by atoms with Gasteiger partial charge in [-0.15, -0.1) is 0 Å². The van der Waals surface area contributed by atoms with E-state index in [1.807, 2.05) is 20.1 Å². The standard InChI is InChI=1S/C46H67N7O12S/c1-26(2)22-34(52-43(61)33(20-21-66-7)51-45(63)40(27(3)4)48-29(6)54)37(55)25-38(56)49-35(23-30-14-10-8-11-15-30)44(62)47-28(5)41(59)50-32(18-19-39(57)58)42(60)53-36(46(64)65)24-31-16-12-9-13-17-31/h8-17,26-28,32-37,40,55H,18-25H2,1-7H3,(H,47,62)(H,48,54)(H,49,56)(H,50,59)(H,51,63)(H,52,61)(H,53,60)(H,57,58)(H,64,65)/t28-,32-,33-,34?,35-,36-,37?,40-/m0/s1. The van der Waals surface area contributed by atoms with E-state index in [1.165, 1.54) is 25.6 Å². The molecule has 0 radical (unpaired) electrons. The summed E-state index contributed by atoms with van der Waals surface area (Å²) in [4.78, 5) is 117. The third kappa shape index (κ3) is 20.9. The highest BCUT2D eigenvalue weighted by Crippen LogP contribution is 2.14. The first-order chi connectivity index (χ1) is 31.1. The molecule has 2 aromatic rings. The molecule has 2 aromatic carbocycles. The summed E-state index contributed by atoms with van der Waals surface area (Å²) < 4.78 is 0. The van der Waals surface area contributed by atoms with Crippen LogP contribution in [0, 0.1) is 11.8 Å². The van der Waals surface area contributed by atoms with E-state index in [4.69, 9.17) is 0 Å². The number of benzene rings is 2. The van der Waals surface area contributed by atoms with Crippen molar-refractivity contribution in [3.63, 3.8) is 0 Å². The minimum absolute atomic E-state index is 0.0523. The van der Waals surface area contributed by atoms with Crippen LogP contribution in [0.2, 0.25) is 0 Å². The van der Waals surface area contributed by atoms with Crippen molar-refractivity contribution < 1.29 is 58.5 Å². The van der Waals surface area contributed by atoms with Crippen LogP contribution in [-0.4, -0.2) is 129 Å². The molecule has 0 aromatic heterocycles. The Bertz CT molecular complexity index is 1940. The number of carboxylic acids is 2. The quantitative estimate of drug-likeness (QED) is 0.0547. The van der Waals surface area contributed by atoms with E-state index in [9.17, 15) is 58.5 Å². The van der Waals surface area contributed by atoms with Crippen molar-refractivity contribution in [3.8, 4) is 0 Å². The number of rotatable bonds is 29. The lowest BCUT2D eigenvalue weighted by molar-refractivity contribution is -0.143. The molecule has 8 atom stereocenters. The first kappa shape index (κ1) is 56.1.